The average molecular weight is 400 g/mol. The first-order chi connectivity index (χ1) is 13.3. The van der Waals surface area contributed by atoms with E-state index in [-0.39, 0.29) is 30.5 Å². The molecule has 28 heavy (non-hydrogen) atoms. The van der Waals surface area contributed by atoms with Crippen LogP contribution in [0.3, 0.4) is 0 Å². The fourth-order valence-electron chi connectivity index (χ4n) is 2.65. The molecule has 1 aromatic carbocycles. The first-order valence-corrected chi connectivity index (χ1v) is 9.03. The van der Waals surface area contributed by atoms with Crippen LogP contribution in [-0.2, 0) is 14.3 Å². The quantitative estimate of drug-likeness (QED) is 0.575. The zero-order valence-corrected chi connectivity index (χ0v) is 15.9. The summed E-state index contributed by atoms with van der Waals surface area (Å²) in [6, 6.07) is 3.59. The number of morpholine rings is 1. The van der Waals surface area contributed by atoms with Gasteiger partial charge in [-0.15, -0.1) is 0 Å². The Morgan fingerprint density at radius 1 is 1.39 bits per heavy atom. The largest absolute Gasteiger partial charge is 0.433 e. The third-order valence-corrected chi connectivity index (χ3v) is 4.06. The summed E-state index contributed by atoms with van der Waals surface area (Å²) in [6.45, 7) is 2.07. The highest BCUT2D eigenvalue weighted by atomic mass is 19.3. The van der Waals surface area contributed by atoms with Gasteiger partial charge in [-0.05, 0) is 24.6 Å². The number of anilines is 2. The van der Waals surface area contributed by atoms with Crippen LogP contribution in [0.5, 0.6) is 5.75 Å². The molecule has 2 rings (SSSR count). The van der Waals surface area contributed by atoms with Gasteiger partial charge in [0.25, 0.3) is 5.91 Å². The van der Waals surface area contributed by atoms with E-state index in [1.807, 2.05) is 13.8 Å². The second kappa shape index (κ2) is 10.3. The lowest BCUT2D eigenvalue weighted by atomic mass is 10.2. The fourth-order valence-corrected chi connectivity index (χ4v) is 2.65. The molecular formula is C18H26F2N4O4. The molecule has 0 unspecified atom stereocenters. The zero-order chi connectivity index (χ0) is 20.7. The molecule has 0 aliphatic carbocycles. The maximum Gasteiger partial charge on any atom is 0.387 e. The monoisotopic (exact) mass is 400 g/mol. The molecule has 4 N–H and O–H groups in total. The molecule has 2 amide bonds. The number of amides is 2. The number of hydrogen-bond donors (Lipinski definition) is 3. The Hall–Kier alpha value is -2.30. The summed E-state index contributed by atoms with van der Waals surface area (Å²) >= 11 is 0. The van der Waals surface area contributed by atoms with Crippen LogP contribution in [0.1, 0.15) is 13.8 Å². The Kier molecular flexibility index (Phi) is 8.09. The molecule has 1 fully saturated rings. The molecule has 10 heteroatoms. The smallest absolute Gasteiger partial charge is 0.387 e. The lowest BCUT2D eigenvalue weighted by molar-refractivity contribution is -0.125. The van der Waals surface area contributed by atoms with E-state index in [1.165, 1.54) is 17.0 Å². The van der Waals surface area contributed by atoms with E-state index in [9.17, 15) is 18.4 Å². The van der Waals surface area contributed by atoms with Crippen molar-refractivity contribution in [3.63, 3.8) is 0 Å². The van der Waals surface area contributed by atoms with Crippen molar-refractivity contribution in [2.75, 3.05) is 43.1 Å². The van der Waals surface area contributed by atoms with Crippen LogP contribution in [0.25, 0.3) is 0 Å². The number of benzene rings is 1. The van der Waals surface area contributed by atoms with Gasteiger partial charge in [0, 0.05) is 24.8 Å². The van der Waals surface area contributed by atoms with Gasteiger partial charge in [0.2, 0.25) is 5.91 Å². The van der Waals surface area contributed by atoms with Crippen LogP contribution in [0.2, 0.25) is 0 Å². The summed E-state index contributed by atoms with van der Waals surface area (Å²) in [5, 5.41) is 5.59. The summed E-state index contributed by atoms with van der Waals surface area (Å²) in [6.07, 6.45) is 0. The van der Waals surface area contributed by atoms with Gasteiger partial charge in [-0.1, -0.05) is 13.8 Å². The van der Waals surface area contributed by atoms with Crippen molar-refractivity contribution in [1.82, 2.24) is 5.32 Å². The van der Waals surface area contributed by atoms with Gasteiger partial charge in [-0.3, -0.25) is 9.59 Å². The van der Waals surface area contributed by atoms with Crippen LogP contribution in [0, 0.1) is 5.92 Å². The lowest BCUT2D eigenvalue weighted by Gasteiger charge is -2.27. The standard InChI is InChI=1S/C18H26F2N4O4/c1-11(2)9-22-14(8-21)17(26)23-13-4-3-12(7-15(13)28-18(19)20)24-5-6-27-10-16(24)25/h3-4,7,11,14,18,22H,5-6,8-10,21H2,1-2H3,(H,23,26)/t14-/m0/s1. The molecular weight excluding hydrogens is 374 g/mol. The Morgan fingerprint density at radius 2 is 2.14 bits per heavy atom. The van der Waals surface area contributed by atoms with Crippen LogP contribution in [0.15, 0.2) is 18.2 Å². The Balaban J connectivity index is 2.20. The van der Waals surface area contributed by atoms with Gasteiger partial charge in [-0.2, -0.15) is 8.78 Å². The van der Waals surface area contributed by atoms with E-state index in [4.69, 9.17) is 10.5 Å². The van der Waals surface area contributed by atoms with Crippen molar-refractivity contribution in [3.05, 3.63) is 18.2 Å². The lowest BCUT2D eigenvalue weighted by Crippen LogP contribution is -2.47. The number of nitrogens with one attached hydrogen (secondary N) is 2. The first-order valence-electron chi connectivity index (χ1n) is 9.03. The second-order valence-electron chi connectivity index (χ2n) is 6.74. The van der Waals surface area contributed by atoms with E-state index < -0.39 is 18.6 Å². The van der Waals surface area contributed by atoms with Crippen molar-refractivity contribution >= 4 is 23.2 Å². The molecule has 156 valence electrons. The molecule has 0 saturated carbocycles. The molecule has 0 radical (unpaired) electrons. The molecule has 1 heterocycles. The van der Waals surface area contributed by atoms with Crippen molar-refractivity contribution in [2.45, 2.75) is 26.5 Å². The van der Waals surface area contributed by atoms with E-state index >= 15 is 0 Å². The Bertz CT molecular complexity index is 688. The maximum atomic E-state index is 12.9. The minimum atomic E-state index is -3.09. The number of rotatable bonds is 9. The average Bonchev–Trinajstić information content (AvgIpc) is 2.63. The molecule has 0 aromatic heterocycles. The molecule has 8 nitrogen and oxygen atoms in total. The number of alkyl halides is 2. The van der Waals surface area contributed by atoms with Gasteiger partial charge in [0.05, 0.1) is 18.3 Å². The number of halogens is 2. The topological polar surface area (TPSA) is 106 Å². The van der Waals surface area contributed by atoms with Gasteiger partial charge >= 0.3 is 6.61 Å². The van der Waals surface area contributed by atoms with Gasteiger partial charge in [0.15, 0.2) is 5.75 Å². The molecule has 0 bridgehead atoms. The molecule has 1 saturated heterocycles. The normalized spacial score (nSPS) is 15.8. The number of nitrogens with two attached hydrogens (primary N) is 1. The van der Waals surface area contributed by atoms with Crippen molar-refractivity contribution < 1.29 is 27.8 Å². The van der Waals surface area contributed by atoms with E-state index in [0.717, 1.165) is 0 Å². The maximum absolute atomic E-state index is 12.9. The van der Waals surface area contributed by atoms with E-state index in [1.54, 1.807) is 6.07 Å². The number of carbonyl (C=O) groups excluding carboxylic acids is 2. The van der Waals surface area contributed by atoms with Crippen molar-refractivity contribution in [2.24, 2.45) is 11.7 Å². The Labute approximate surface area is 162 Å². The summed E-state index contributed by atoms with van der Waals surface area (Å²) in [5.74, 6) is -0.672. The molecule has 1 aliphatic rings. The van der Waals surface area contributed by atoms with Crippen LogP contribution < -0.4 is 26.0 Å². The summed E-state index contributed by atoms with van der Waals surface area (Å²) in [7, 11) is 0. The fraction of sp³-hybridized carbons (Fsp3) is 0.556. The van der Waals surface area contributed by atoms with Crippen LogP contribution >= 0.6 is 0 Å². The third-order valence-electron chi connectivity index (χ3n) is 4.06. The van der Waals surface area contributed by atoms with Crippen molar-refractivity contribution in [3.8, 4) is 5.75 Å². The van der Waals surface area contributed by atoms with Crippen LogP contribution in [0.4, 0.5) is 20.2 Å². The third kappa shape index (κ3) is 6.11. The summed E-state index contributed by atoms with van der Waals surface area (Å²) in [4.78, 5) is 25.8. The second-order valence-corrected chi connectivity index (χ2v) is 6.74. The van der Waals surface area contributed by atoms with Gasteiger partial charge in [0.1, 0.15) is 6.61 Å². The van der Waals surface area contributed by atoms with Crippen LogP contribution in [-0.4, -0.2) is 57.3 Å². The molecule has 1 atom stereocenters. The highest BCUT2D eigenvalue weighted by molar-refractivity contribution is 5.98. The minimum Gasteiger partial charge on any atom is -0.433 e. The van der Waals surface area contributed by atoms with E-state index in [0.29, 0.717) is 31.3 Å². The molecule has 1 aromatic rings. The molecule has 1 aliphatic heterocycles. The molecule has 0 spiro atoms. The number of nitrogens with zero attached hydrogens (tertiary/aromatic N) is 1. The minimum absolute atomic E-state index is 0.0456. The number of hydrogen-bond acceptors (Lipinski definition) is 6. The number of carbonyl (C=O) groups is 2. The predicted octanol–water partition coefficient (Wildman–Crippen LogP) is 1.16. The SMILES string of the molecule is CC(C)CN[C@@H](CN)C(=O)Nc1ccc(N2CCOCC2=O)cc1OC(F)F. The Morgan fingerprint density at radius 3 is 2.75 bits per heavy atom. The first kappa shape index (κ1) is 22.0. The van der Waals surface area contributed by atoms with E-state index in [2.05, 4.69) is 15.4 Å². The predicted molar refractivity (Wildman–Crippen MR) is 101 cm³/mol. The summed E-state index contributed by atoms with van der Waals surface area (Å²) < 4.78 is 35.3. The van der Waals surface area contributed by atoms with Gasteiger partial charge < -0.3 is 30.7 Å². The van der Waals surface area contributed by atoms with Gasteiger partial charge in [-0.25, -0.2) is 0 Å². The zero-order valence-electron chi connectivity index (χ0n) is 15.9. The summed E-state index contributed by atoms with van der Waals surface area (Å²) in [5.41, 5.74) is 6.09. The highest BCUT2D eigenvalue weighted by Gasteiger charge is 2.23. The highest BCUT2D eigenvalue weighted by Crippen LogP contribution is 2.32. The van der Waals surface area contributed by atoms with Crippen molar-refractivity contribution in [1.29, 1.82) is 0 Å². The number of ether oxygens (including phenoxy) is 2.